The Kier molecular flexibility index (Phi) is 4.25. The molecule has 1 aliphatic heterocycles. The molecule has 0 aliphatic carbocycles. The summed E-state index contributed by atoms with van der Waals surface area (Å²) in [7, 11) is -3.47. The predicted octanol–water partition coefficient (Wildman–Crippen LogP) is 1.87. The summed E-state index contributed by atoms with van der Waals surface area (Å²) in [4.78, 5) is 4.59. The van der Waals surface area contributed by atoms with Crippen molar-refractivity contribution in [2.75, 3.05) is 13.1 Å². The molecular weight excluding hydrogens is 346 g/mol. The van der Waals surface area contributed by atoms with E-state index in [1.807, 2.05) is 0 Å². The van der Waals surface area contributed by atoms with Gasteiger partial charge in [-0.3, -0.25) is 0 Å². The van der Waals surface area contributed by atoms with Crippen molar-refractivity contribution in [1.29, 1.82) is 0 Å². The second-order valence-electron chi connectivity index (χ2n) is 5.04. The molecule has 0 spiro atoms. The van der Waals surface area contributed by atoms with E-state index in [0.29, 0.717) is 34.6 Å². The van der Waals surface area contributed by atoms with E-state index in [9.17, 15) is 8.42 Å². The van der Waals surface area contributed by atoms with Crippen LogP contribution in [0.4, 0.5) is 0 Å². The number of fused-ring (bicyclic) bond motifs is 1. The van der Waals surface area contributed by atoms with Crippen LogP contribution in [-0.4, -0.2) is 49.8 Å². The normalized spacial score (nSPS) is 17.0. The van der Waals surface area contributed by atoms with Crippen LogP contribution in [0, 0.1) is 0 Å². The fourth-order valence-corrected chi connectivity index (χ4v) is 4.78. The Bertz CT molecular complexity index is 758. The summed E-state index contributed by atoms with van der Waals surface area (Å²) in [5, 5.41) is 0.623. The summed E-state index contributed by atoms with van der Waals surface area (Å²) in [6.07, 6.45) is 4.59. The molecule has 1 aromatic carbocycles. The zero-order chi connectivity index (χ0) is 14.9. The molecule has 2 heterocycles. The van der Waals surface area contributed by atoms with Gasteiger partial charge in [-0.1, -0.05) is 0 Å². The Morgan fingerprint density at radius 2 is 1.90 bits per heavy atom. The molecule has 2 radical (unpaired) electrons. The third kappa shape index (κ3) is 2.70. The molecule has 5 nitrogen and oxygen atoms in total. The van der Waals surface area contributed by atoms with Gasteiger partial charge >= 0.3 is 135 Å². The molecular formula is C14H15GaN2O3S. The van der Waals surface area contributed by atoms with Crippen molar-refractivity contribution in [3.05, 3.63) is 30.5 Å². The third-order valence-corrected chi connectivity index (χ3v) is 6.24. The van der Waals surface area contributed by atoms with Gasteiger partial charge in [0.2, 0.25) is 0 Å². The second-order valence-corrected chi connectivity index (χ2v) is 7.44. The first-order chi connectivity index (χ1) is 10.1. The van der Waals surface area contributed by atoms with Gasteiger partial charge < -0.3 is 0 Å². The first-order valence-electron chi connectivity index (χ1n) is 6.89. The van der Waals surface area contributed by atoms with Gasteiger partial charge in [0.1, 0.15) is 0 Å². The quantitative estimate of drug-likeness (QED) is 0.784. The number of aromatic nitrogens is 1. The van der Waals surface area contributed by atoms with Gasteiger partial charge in [0, 0.05) is 0 Å². The van der Waals surface area contributed by atoms with Crippen molar-refractivity contribution in [2.24, 2.45) is 0 Å². The van der Waals surface area contributed by atoms with Crippen LogP contribution in [0.2, 0.25) is 0 Å². The van der Waals surface area contributed by atoms with E-state index in [1.165, 1.54) is 0 Å². The number of benzene rings is 1. The fraction of sp³-hybridized carbons (Fsp3) is 0.357. The molecule has 1 saturated heterocycles. The van der Waals surface area contributed by atoms with Crippen LogP contribution in [-0.2, 0) is 10.0 Å². The van der Waals surface area contributed by atoms with E-state index in [1.54, 1.807) is 34.8 Å². The zero-order valence-corrected chi connectivity index (χ0v) is 14.8. The molecule has 0 atom stereocenters. The molecule has 108 valence electrons. The van der Waals surface area contributed by atoms with Gasteiger partial charge in [-0.05, 0) is 0 Å². The number of nitrogens with zero attached hydrogens (tertiary/aromatic N) is 2. The molecule has 0 saturated carbocycles. The molecule has 1 aromatic heterocycles. The minimum atomic E-state index is -3.47. The van der Waals surface area contributed by atoms with E-state index in [-0.39, 0.29) is 0 Å². The van der Waals surface area contributed by atoms with Gasteiger partial charge in [0.25, 0.3) is 0 Å². The molecule has 7 heteroatoms. The number of piperidine rings is 1. The first-order valence-corrected chi connectivity index (χ1v) is 9.32. The third-order valence-electron chi connectivity index (χ3n) is 3.75. The summed E-state index contributed by atoms with van der Waals surface area (Å²) in [6.45, 7) is 1.19. The first kappa shape index (κ1) is 14.9. The Balaban J connectivity index is 2.16. The molecule has 0 unspecified atom stereocenters. The number of hydrogen-bond acceptors (Lipinski definition) is 4. The number of pyridine rings is 1. The maximum absolute atomic E-state index is 12.9. The van der Waals surface area contributed by atoms with Crippen molar-refractivity contribution < 1.29 is 11.9 Å². The van der Waals surface area contributed by atoms with Crippen molar-refractivity contribution in [3.63, 3.8) is 0 Å². The molecule has 0 N–H and O–H groups in total. The average Bonchev–Trinajstić information content (AvgIpc) is 2.54. The van der Waals surface area contributed by atoms with Crippen molar-refractivity contribution in [2.45, 2.75) is 24.2 Å². The van der Waals surface area contributed by atoms with E-state index >= 15 is 0 Å². The number of sulfonamides is 1. The van der Waals surface area contributed by atoms with E-state index < -0.39 is 10.0 Å². The SMILES string of the molecule is O=S(=O)(c1ccc([O][Ga])c2ncccc12)N1CCCCC1. The average molecular weight is 361 g/mol. The second kappa shape index (κ2) is 6.00. The fourth-order valence-electron chi connectivity index (χ4n) is 2.68. The van der Waals surface area contributed by atoms with E-state index in [4.69, 9.17) is 3.53 Å². The number of hydrogen-bond donors (Lipinski definition) is 0. The predicted molar refractivity (Wildman–Crippen MR) is 80.7 cm³/mol. The molecule has 2 aromatic rings. The van der Waals surface area contributed by atoms with Crippen LogP contribution in [0.15, 0.2) is 35.4 Å². The van der Waals surface area contributed by atoms with E-state index in [2.05, 4.69) is 4.98 Å². The van der Waals surface area contributed by atoms with Gasteiger partial charge in [0.05, 0.1) is 0 Å². The molecule has 21 heavy (non-hydrogen) atoms. The standard InChI is InChI=1S/C14H16N2O3S.Ga/c17-12-6-7-13(11-5-4-8-15-14(11)12)20(18,19)16-9-2-1-3-10-16;/h4-8,17H,1-3,9-10H2;/q;+1/p-1. The van der Waals surface area contributed by atoms with E-state index in [0.717, 1.165) is 38.2 Å². The summed E-state index contributed by atoms with van der Waals surface area (Å²) < 4.78 is 32.6. The summed E-state index contributed by atoms with van der Waals surface area (Å²) >= 11 is 1.10. The van der Waals surface area contributed by atoms with Crippen LogP contribution in [0.3, 0.4) is 0 Å². The number of rotatable bonds is 3. The Morgan fingerprint density at radius 3 is 2.62 bits per heavy atom. The van der Waals surface area contributed by atoms with Crippen LogP contribution >= 0.6 is 0 Å². The van der Waals surface area contributed by atoms with Crippen LogP contribution < -0.4 is 3.53 Å². The Morgan fingerprint density at radius 1 is 1.14 bits per heavy atom. The summed E-state index contributed by atoms with van der Waals surface area (Å²) in [6, 6.07) is 6.85. The molecule has 0 amide bonds. The van der Waals surface area contributed by atoms with Gasteiger partial charge in [-0.25, -0.2) is 0 Å². The van der Waals surface area contributed by atoms with Crippen molar-refractivity contribution in [1.82, 2.24) is 9.29 Å². The summed E-state index contributed by atoms with van der Waals surface area (Å²) in [5.41, 5.74) is 0.597. The summed E-state index contributed by atoms with van der Waals surface area (Å²) in [5.74, 6) is 0.614. The Hall–Kier alpha value is -1.02. The minimum absolute atomic E-state index is 0.320. The van der Waals surface area contributed by atoms with Crippen molar-refractivity contribution >= 4 is 39.9 Å². The molecule has 0 bridgehead atoms. The van der Waals surface area contributed by atoms with Crippen LogP contribution in [0.1, 0.15) is 19.3 Å². The zero-order valence-electron chi connectivity index (χ0n) is 11.5. The molecule has 1 aliphatic rings. The monoisotopic (exact) mass is 360 g/mol. The molecule has 3 rings (SSSR count). The van der Waals surface area contributed by atoms with Gasteiger partial charge in [0.15, 0.2) is 0 Å². The Labute approximate surface area is 134 Å². The van der Waals surface area contributed by atoms with Gasteiger partial charge in [-0.15, -0.1) is 0 Å². The van der Waals surface area contributed by atoms with Crippen LogP contribution in [0.25, 0.3) is 10.9 Å². The van der Waals surface area contributed by atoms with Crippen molar-refractivity contribution in [3.8, 4) is 5.75 Å². The van der Waals surface area contributed by atoms with Gasteiger partial charge in [-0.2, -0.15) is 0 Å². The van der Waals surface area contributed by atoms with Crippen LogP contribution in [0.5, 0.6) is 5.75 Å². The maximum atomic E-state index is 12.9. The molecule has 1 fully saturated rings. The topological polar surface area (TPSA) is 59.5 Å².